The molecule has 0 bridgehead atoms. The van der Waals surface area contributed by atoms with Gasteiger partial charge in [0.15, 0.2) is 0 Å². The molecule has 0 aromatic carbocycles. The Morgan fingerprint density at radius 2 is 2.13 bits per heavy atom. The largest absolute Gasteiger partial charge is 0.300 e. The van der Waals surface area contributed by atoms with Gasteiger partial charge in [-0.2, -0.15) is 5.26 Å². The molecular weight excluding hydrogens is 235 g/mol. The Labute approximate surface area is 96.6 Å². The zero-order valence-corrected chi connectivity index (χ0v) is 9.14. The van der Waals surface area contributed by atoms with Gasteiger partial charge in [-0.3, -0.25) is 4.79 Å². The lowest BCUT2D eigenvalue weighted by atomic mass is 9.65. The lowest BCUT2D eigenvalue weighted by molar-refractivity contribution is -0.126. The monoisotopic (exact) mass is 240 g/mol. The molecule has 5 heteroatoms. The maximum atomic E-state index is 11.0. The van der Waals surface area contributed by atoms with E-state index in [1.54, 1.807) is 0 Å². The van der Waals surface area contributed by atoms with Gasteiger partial charge in [0.05, 0.1) is 11.5 Å². The molecule has 0 aliphatic heterocycles. The molecule has 1 aromatic heterocycles. The minimum Gasteiger partial charge on any atom is -0.300 e. The summed E-state index contributed by atoms with van der Waals surface area (Å²) in [7, 11) is 0. The minimum atomic E-state index is -0.786. The number of nitrogens with zero attached hydrogens (tertiary/aromatic N) is 2. The molecule has 1 saturated carbocycles. The van der Waals surface area contributed by atoms with Crippen molar-refractivity contribution in [2.24, 2.45) is 0 Å². The molecule has 1 aliphatic rings. The van der Waals surface area contributed by atoms with Crippen molar-refractivity contribution in [1.82, 2.24) is 4.98 Å². The summed E-state index contributed by atoms with van der Waals surface area (Å²) in [6.07, 6.45) is 1.90. The van der Waals surface area contributed by atoms with E-state index in [1.165, 1.54) is 12.3 Å². The Bertz CT molecular complexity index is 471. The van der Waals surface area contributed by atoms with Crippen LogP contribution in [0.4, 0.5) is 0 Å². The topological polar surface area (TPSA) is 53.8 Å². The van der Waals surface area contributed by atoms with Gasteiger partial charge in [0, 0.05) is 29.6 Å². The van der Waals surface area contributed by atoms with E-state index in [9.17, 15) is 4.79 Å². The van der Waals surface area contributed by atoms with Crippen molar-refractivity contribution in [3.05, 3.63) is 28.0 Å². The van der Waals surface area contributed by atoms with Crippen LogP contribution in [0.25, 0.3) is 0 Å². The van der Waals surface area contributed by atoms with E-state index in [1.807, 2.05) is 0 Å². The number of aromatic nitrogens is 1. The number of Topliss-reactive ketones (excluding diaryl/α,β-unsaturated/α-hetero) is 1. The molecule has 3 nitrogen and oxygen atoms in total. The molecule has 1 heterocycles. The van der Waals surface area contributed by atoms with Crippen molar-refractivity contribution in [2.45, 2.75) is 18.3 Å². The number of hydrogen-bond acceptors (Lipinski definition) is 3. The van der Waals surface area contributed by atoms with E-state index in [4.69, 9.17) is 28.5 Å². The molecule has 0 radical (unpaired) electrons. The van der Waals surface area contributed by atoms with Gasteiger partial charge in [-0.1, -0.05) is 23.2 Å². The predicted octanol–water partition coefficient (Wildman–Crippen LogP) is 2.51. The number of carbonyl (C=O) groups excluding carboxylic acids is 1. The van der Waals surface area contributed by atoms with Gasteiger partial charge in [0.2, 0.25) is 0 Å². The first-order chi connectivity index (χ1) is 7.07. The van der Waals surface area contributed by atoms with E-state index in [-0.39, 0.29) is 23.8 Å². The van der Waals surface area contributed by atoms with Crippen LogP contribution in [0.5, 0.6) is 0 Å². The SMILES string of the molecule is N#CC1(c2cnc(Cl)cc2Cl)CC(=O)C1. The van der Waals surface area contributed by atoms with Gasteiger partial charge < -0.3 is 0 Å². The van der Waals surface area contributed by atoms with Crippen LogP contribution in [-0.2, 0) is 10.2 Å². The highest BCUT2D eigenvalue weighted by Crippen LogP contribution is 2.43. The third-order valence-electron chi connectivity index (χ3n) is 2.55. The molecule has 0 N–H and O–H groups in total. The van der Waals surface area contributed by atoms with Crippen LogP contribution in [-0.4, -0.2) is 10.8 Å². The quantitative estimate of drug-likeness (QED) is 0.710. The molecular formula is C10H6Cl2N2O. The first-order valence-electron chi connectivity index (χ1n) is 4.32. The summed E-state index contributed by atoms with van der Waals surface area (Å²) in [5, 5.41) is 9.75. The summed E-state index contributed by atoms with van der Waals surface area (Å²) in [6.45, 7) is 0. The van der Waals surface area contributed by atoms with Gasteiger partial charge in [0.25, 0.3) is 0 Å². The van der Waals surface area contributed by atoms with Crippen LogP contribution in [0, 0.1) is 11.3 Å². The van der Waals surface area contributed by atoms with Crippen molar-refractivity contribution in [3.63, 3.8) is 0 Å². The molecule has 2 rings (SSSR count). The molecule has 76 valence electrons. The number of halogens is 2. The maximum Gasteiger partial charge on any atom is 0.136 e. The smallest absolute Gasteiger partial charge is 0.136 e. The van der Waals surface area contributed by atoms with Gasteiger partial charge in [-0.25, -0.2) is 4.98 Å². The van der Waals surface area contributed by atoms with Crippen molar-refractivity contribution in [2.75, 3.05) is 0 Å². The van der Waals surface area contributed by atoms with E-state index in [0.717, 1.165) is 0 Å². The Morgan fingerprint density at radius 3 is 2.60 bits per heavy atom. The van der Waals surface area contributed by atoms with Gasteiger partial charge in [0.1, 0.15) is 10.9 Å². The molecule has 1 aliphatic carbocycles. The zero-order chi connectivity index (χ0) is 11.1. The van der Waals surface area contributed by atoms with Gasteiger partial charge >= 0.3 is 0 Å². The van der Waals surface area contributed by atoms with E-state index < -0.39 is 5.41 Å². The molecule has 15 heavy (non-hydrogen) atoms. The molecule has 0 atom stereocenters. The Kier molecular flexibility index (Phi) is 2.41. The first-order valence-corrected chi connectivity index (χ1v) is 5.07. The fourth-order valence-electron chi connectivity index (χ4n) is 1.71. The van der Waals surface area contributed by atoms with E-state index in [0.29, 0.717) is 10.6 Å². The fourth-order valence-corrected chi connectivity index (χ4v) is 2.26. The van der Waals surface area contributed by atoms with Crippen LogP contribution < -0.4 is 0 Å². The van der Waals surface area contributed by atoms with Crippen LogP contribution in [0.2, 0.25) is 10.2 Å². The molecule has 0 unspecified atom stereocenters. The third-order valence-corrected chi connectivity index (χ3v) is 3.07. The van der Waals surface area contributed by atoms with Crippen LogP contribution >= 0.6 is 23.2 Å². The standard InChI is InChI=1S/C10H6Cl2N2O/c11-8-1-9(12)14-4-7(8)10(5-13)2-6(15)3-10/h1,4H,2-3H2. The second-order valence-electron chi connectivity index (χ2n) is 3.57. The average Bonchev–Trinajstić information content (AvgIpc) is 2.13. The van der Waals surface area contributed by atoms with E-state index >= 15 is 0 Å². The van der Waals surface area contributed by atoms with Crippen LogP contribution in [0.15, 0.2) is 12.3 Å². The Balaban J connectivity index is 2.46. The number of ketones is 1. The summed E-state index contributed by atoms with van der Waals surface area (Å²) >= 11 is 11.6. The third kappa shape index (κ3) is 1.60. The van der Waals surface area contributed by atoms with E-state index in [2.05, 4.69) is 11.1 Å². The highest BCUT2D eigenvalue weighted by Gasteiger charge is 2.46. The summed E-state index contributed by atoms with van der Waals surface area (Å²) in [5.41, 5.74) is -0.193. The maximum absolute atomic E-state index is 11.0. The Hall–Kier alpha value is -1.11. The zero-order valence-electron chi connectivity index (χ0n) is 7.63. The summed E-state index contributed by atoms with van der Waals surface area (Å²) in [6, 6.07) is 3.62. The Morgan fingerprint density at radius 1 is 1.47 bits per heavy atom. The number of nitriles is 1. The molecule has 0 amide bonds. The van der Waals surface area contributed by atoms with Crippen molar-refractivity contribution < 1.29 is 4.79 Å². The number of rotatable bonds is 1. The van der Waals surface area contributed by atoms with Crippen LogP contribution in [0.3, 0.4) is 0 Å². The van der Waals surface area contributed by atoms with Crippen molar-refractivity contribution in [3.8, 4) is 6.07 Å². The molecule has 1 aromatic rings. The first kappa shape index (κ1) is 10.4. The normalized spacial score (nSPS) is 18.1. The number of pyridine rings is 1. The second-order valence-corrected chi connectivity index (χ2v) is 4.37. The van der Waals surface area contributed by atoms with Crippen LogP contribution in [0.1, 0.15) is 18.4 Å². The number of carbonyl (C=O) groups is 1. The summed E-state index contributed by atoms with van der Waals surface area (Å²) < 4.78 is 0. The highest BCUT2D eigenvalue weighted by molar-refractivity contribution is 6.34. The lowest BCUT2D eigenvalue weighted by Crippen LogP contribution is -2.40. The second kappa shape index (κ2) is 3.48. The predicted molar refractivity (Wildman–Crippen MR) is 55.8 cm³/mol. The molecule has 0 spiro atoms. The van der Waals surface area contributed by atoms with Gasteiger partial charge in [-0.15, -0.1) is 0 Å². The van der Waals surface area contributed by atoms with Crippen molar-refractivity contribution in [1.29, 1.82) is 5.26 Å². The summed E-state index contributed by atoms with van der Waals surface area (Å²) in [5.74, 6) is 0.0718. The molecule has 1 fully saturated rings. The van der Waals surface area contributed by atoms with Gasteiger partial charge in [-0.05, 0) is 6.07 Å². The highest BCUT2D eigenvalue weighted by atomic mass is 35.5. The average molecular weight is 241 g/mol. The summed E-state index contributed by atoms with van der Waals surface area (Å²) in [4.78, 5) is 14.9. The lowest BCUT2D eigenvalue weighted by Gasteiger charge is -2.34. The molecule has 0 saturated heterocycles. The fraction of sp³-hybridized carbons (Fsp3) is 0.300. The minimum absolute atomic E-state index is 0.0718. The van der Waals surface area contributed by atoms with Crippen molar-refractivity contribution >= 4 is 29.0 Å². The number of hydrogen-bond donors (Lipinski definition) is 0.